The SMILES string of the molecule is COC(=O)c1ccc(CN(Cc2ccccn2)Cc2ccc(C(=O)OC)cn2)nc1. The van der Waals surface area contributed by atoms with Gasteiger partial charge in [0.05, 0.1) is 42.4 Å². The van der Waals surface area contributed by atoms with Crippen molar-refractivity contribution in [1.82, 2.24) is 19.9 Å². The van der Waals surface area contributed by atoms with Gasteiger partial charge in [-0.3, -0.25) is 19.9 Å². The van der Waals surface area contributed by atoms with Crippen LogP contribution >= 0.6 is 0 Å². The predicted molar refractivity (Wildman–Crippen MR) is 108 cm³/mol. The molecule has 30 heavy (non-hydrogen) atoms. The van der Waals surface area contributed by atoms with Crippen molar-refractivity contribution in [2.45, 2.75) is 19.6 Å². The first kappa shape index (κ1) is 21.1. The Hall–Kier alpha value is -3.65. The first-order chi connectivity index (χ1) is 14.6. The number of ether oxygens (including phenoxy) is 2. The first-order valence-electron chi connectivity index (χ1n) is 9.28. The molecule has 3 rings (SSSR count). The van der Waals surface area contributed by atoms with Gasteiger partial charge in [0.15, 0.2) is 0 Å². The standard InChI is InChI=1S/C22H22N4O4/c1-29-21(27)16-6-8-19(24-11-16)14-26(13-18-5-3-4-10-23-18)15-20-9-7-17(12-25-20)22(28)30-2/h3-12H,13-15H2,1-2H3. The average molecular weight is 406 g/mol. The molecule has 0 saturated heterocycles. The van der Waals surface area contributed by atoms with Crippen molar-refractivity contribution < 1.29 is 19.1 Å². The molecule has 0 aliphatic carbocycles. The van der Waals surface area contributed by atoms with Crippen LogP contribution in [0.5, 0.6) is 0 Å². The van der Waals surface area contributed by atoms with Crippen LogP contribution in [0.1, 0.15) is 37.8 Å². The highest BCUT2D eigenvalue weighted by Crippen LogP contribution is 2.13. The molecule has 0 unspecified atom stereocenters. The van der Waals surface area contributed by atoms with E-state index in [9.17, 15) is 9.59 Å². The van der Waals surface area contributed by atoms with E-state index in [2.05, 4.69) is 19.9 Å². The van der Waals surface area contributed by atoms with Gasteiger partial charge in [0, 0.05) is 38.2 Å². The Bertz CT molecular complexity index is 915. The smallest absolute Gasteiger partial charge is 0.339 e. The number of hydrogen-bond donors (Lipinski definition) is 0. The van der Waals surface area contributed by atoms with E-state index in [1.807, 2.05) is 18.2 Å². The van der Waals surface area contributed by atoms with E-state index in [-0.39, 0.29) is 0 Å². The fourth-order valence-electron chi connectivity index (χ4n) is 2.86. The summed E-state index contributed by atoms with van der Waals surface area (Å²) in [5.74, 6) is -0.844. The summed E-state index contributed by atoms with van der Waals surface area (Å²) in [5, 5.41) is 0. The number of carbonyl (C=O) groups is 2. The van der Waals surface area contributed by atoms with Crippen LogP contribution in [0.3, 0.4) is 0 Å². The first-order valence-corrected chi connectivity index (χ1v) is 9.28. The van der Waals surface area contributed by atoms with Crippen molar-refractivity contribution in [3.05, 3.63) is 89.3 Å². The van der Waals surface area contributed by atoms with Gasteiger partial charge in [0.25, 0.3) is 0 Å². The molecule has 3 aromatic heterocycles. The summed E-state index contributed by atoms with van der Waals surface area (Å²) in [4.78, 5) is 38.5. The highest BCUT2D eigenvalue weighted by Gasteiger charge is 2.13. The number of methoxy groups -OCH3 is 2. The molecular weight excluding hydrogens is 384 g/mol. The molecule has 3 aromatic rings. The van der Waals surface area contributed by atoms with Crippen LogP contribution < -0.4 is 0 Å². The van der Waals surface area contributed by atoms with Crippen LogP contribution in [-0.2, 0) is 29.1 Å². The summed E-state index contributed by atoms with van der Waals surface area (Å²) in [7, 11) is 2.67. The number of carbonyl (C=O) groups excluding carboxylic acids is 2. The molecule has 0 N–H and O–H groups in total. The van der Waals surface area contributed by atoms with Gasteiger partial charge in [-0.15, -0.1) is 0 Å². The van der Waals surface area contributed by atoms with E-state index >= 15 is 0 Å². The second kappa shape index (κ2) is 10.2. The third-order valence-corrected chi connectivity index (χ3v) is 4.37. The number of hydrogen-bond acceptors (Lipinski definition) is 8. The molecule has 0 atom stereocenters. The van der Waals surface area contributed by atoms with E-state index < -0.39 is 11.9 Å². The van der Waals surface area contributed by atoms with Crippen molar-refractivity contribution in [1.29, 1.82) is 0 Å². The van der Waals surface area contributed by atoms with Crippen LogP contribution in [0.25, 0.3) is 0 Å². The Morgan fingerprint density at radius 3 is 1.60 bits per heavy atom. The summed E-state index contributed by atoms with van der Waals surface area (Å²) < 4.78 is 9.42. The fraction of sp³-hybridized carbons (Fsp3) is 0.227. The molecule has 0 spiro atoms. The van der Waals surface area contributed by atoms with Gasteiger partial charge in [-0.1, -0.05) is 6.07 Å². The van der Waals surface area contributed by atoms with Gasteiger partial charge in [-0.25, -0.2) is 9.59 Å². The zero-order valence-corrected chi connectivity index (χ0v) is 16.8. The van der Waals surface area contributed by atoms with Crippen LogP contribution in [0.15, 0.2) is 61.1 Å². The highest BCUT2D eigenvalue weighted by molar-refractivity contribution is 5.89. The summed E-state index contributed by atoms with van der Waals surface area (Å²) >= 11 is 0. The minimum absolute atomic E-state index is 0.401. The lowest BCUT2D eigenvalue weighted by Gasteiger charge is -2.21. The molecule has 0 radical (unpaired) electrons. The fourth-order valence-corrected chi connectivity index (χ4v) is 2.86. The quantitative estimate of drug-likeness (QED) is 0.527. The van der Waals surface area contributed by atoms with Gasteiger partial charge in [0.1, 0.15) is 0 Å². The predicted octanol–water partition coefficient (Wildman–Crippen LogP) is 2.65. The van der Waals surface area contributed by atoms with Gasteiger partial charge < -0.3 is 9.47 Å². The molecule has 0 aliphatic rings. The molecule has 0 amide bonds. The van der Waals surface area contributed by atoms with E-state index in [4.69, 9.17) is 9.47 Å². The average Bonchev–Trinajstić information content (AvgIpc) is 2.79. The molecule has 0 aromatic carbocycles. The number of nitrogens with zero attached hydrogens (tertiary/aromatic N) is 4. The summed E-state index contributed by atoms with van der Waals surface area (Å²) in [6, 6.07) is 12.7. The third-order valence-electron chi connectivity index (χ3n) is 4.37. The van der Waals surface area contributed by atoms with E-state index in [1.54, 1.807) is 30.5 Å². The van der Waals surface area contributed by atoms with Crippen LogP contribution in [0.4, 0.5) is 0 Å². The van der Waals surface area contributed by atoms with Gasteiger partial charge in [0.2, 0.25) is 0 Å². The van der Waals surface area contributed by atoms with E-state index in [0.29, 0.717) is 30.8 Å². The summed E-state index contributed by atoms with van der Waals surface area (Å²) in [6.45, 7) is 1.64. The second-order valence-corrected chi connectivity index (χ2v) is 6.53. The van der Waals surface area contributed by atoms with Crippen molar-refractivity contribution in [3.63, 3.8) is 0 Å². The molecule has 154 valence electrons. The molecule has 0 saturated carbocycles. The van der Waals surface area contributed by atoms with Crippen LogP contribution in [0.2, 0.25) is 0 Å². The third kappa shape index (κ3) is 5.68. The van der Waals surface area contributed by atoms with Gasteiger partial charge in [-0.05, 0) is 36.4 Å². The lowest BCUT2D eigenvalue weighted by molar-refractivity contribution is 0.0591. The minimum atomic E-state index is -0.422. The zero-order valence-electron chi connectivity index (χ0n) is 16.8. The lowest BCUT2D eigenvalue weighted by Crippen LogP contribution is -2.24. The highest BCUT2D eigenvalue weighted by atomic mass is 16.5. The Labute approximate surface area is 174 Å². The Morgan fingerprint density at radius 1 is 0.733 bits per heavy atom. The monoisotopic (exact) mass is 406 g/mol. The second-order valence-electron chi connectivity index (χ2n) is 6.53. The van der Waals surface area contributed by atoms with Crippen LogP contribution in [0, 0.1) is 0 Å². The minimum Gasteiger partial charge on any atom is -0.465 e. The molecule has 0 fully saturated rings. The Morgan fingerprint density at radius 2 is 1.23 bits per heavy atom. The lowest BCUT2D eigenvalue weighted by atomic mass is 10.2. The summed E-state index contributed by atoms with van der Waals surface area (Å²) in [6.07, 6.45) is 4.76. The Balaban J connectivity index is 1.76. The van der Waals surface area contributed by atoms with Crippen molar-refractivity contribution in [3.8, 4) is 0 Å². The topological polar surface area (TPSA) is 94.5 Å². The molecule has 8 heteroatoms. The van der Waals surface area contributed by atoms with E-state index in [0.717, 1.165) is 17.1 Å². The number of rotatable bonds is 8. The van der Waals surface area contributed by atoms with E-state index in [1.165, 1.54) is 26.6 Å². The molecule has 8 nitrogen and oxygen atoms in total. The molecule has 0 bridgehead atoms. The normalized spacial score (nSPS) is 10.6. The largest absolute Gasteiger partial charge is 0.465 e. The van der Waals surface area contributed by atoms with Crippen molar-refractivity contribution in [2.24, 2.45) is 0 Å². The van der Waals surface area contributed by atoms with Crippen molar-refractivity contribution >= 4 is 11.9 Å². The molecule has 0 aliphatic heterocycles. The molecule has 3 heterocycles. The van der Waals surface area contributed by atoms with Gasteiger partial charge >= 0.3 is 11.9 Å². The maximum absolute atomic E-state index is 11.6. The number of aromatic nitrogens is 3. The van der Waals surface area contributed by atoms with Crippen LogP contribution in [-0.4, -0.2) is 46.0 Å². The number of esters is 2. The maximum Gasteiger partial charge on any atom is 0.339 e. The summed E-state index contributed by atoms with van der Waals surface area (Å²) in [5.41, 5.74) is 3.31. The zero-order chi connectivity index (χ0) is 21.3. The number of pyridine rings is 3. The maximum atomic E-state index is 11.6. The Kier molecular flexibility index (Phi) is 7.18. The molecular formula is C22H22N4O4. The van der Waals surface area contributed by atoms with Crippen molar-refractivity contribution in [2.75, 3.05) is 14.2 Å². The van der Waals surface area contributed by atoms with Gasteiger partial charge in [-0.2, -0.15) is 0 Å².